The first kappa shape index (κ1) is 20.3. The van der Waals surface area contributed by atoms with Crippen LogP contribution in [0, 0.1) is 13.8 Å². The minimum atomic E-state index is -1.06. The van der Waals surface area contributed by atoms with E-state index in [0.29, 0.717) is 28.6 Å². The van der Waals surface area contributed by atoms with Crippen molar-refractivity contribution in [3.05, 3.63) is 53.9 Å². The van der Waals surface area contributed by atoms with Gasteiger partial charge in [-0.15, -0.1) is 0 Å². The molecule has 4 aromatic rings. The highest BCUT2D eigenvalue weighted by atomic mass is 16.5. The number of nitrogens with one attached hydrogen (secondary N) is 1. The number of methoxy groups -OCH3 is 1. The second-order valence-electron chi connectivity index (χ2n) is 7.24. The summed E-state index contributed by atoms with van der Waals surface area (Å²) in [6, 6.07) is 13.2. The van der Waals surface area contributed by atoms with Crippen LogP contribution in [-0.2, 0) is 4.79 Å². The number of para-hydroxylation sites is 1. The Labute approximate surface area is 178 Å². The second-order valence-corrected chi connectivity index (χ2v) is 7.24. The predicted octanol–water partition coefficient (Wildman–Crippen LogP) is 4.16. The molecule has 2 heterocycles. The van der Waals surface area contributed by atoms with Crippen LogP contribution < -0.4 is 9.47 Å². The number of hydrogen-bond donors (Lipinski definition) is 2. The Kier molecular flexibility index (Phi) is 5.29. The van der Waals surface area contributed by atoms with E-state index < -0.39 is 12.1 Å². The third-order valence-corrected chi connectivity index (χ3v) is 4.99. The molecule has 0 aliphatic carbocycles. The van der Waals surface area contributed by atoms with Crippen LogP contribution in [0.15, 0.2) is 42.5 Å². The Morgan fingerprint density at radius 2 is 1.94 bits per heavy atom. The van der Waals surface area contributed by atoms with E-state index in [4.69, 9.17) is 14.5 Å². The number of fused-ring (bicyclic) bond motifs is 1. The van der Waals surface area contributed by atoms with Crippen LogP contribution in [0.4, 0.5) is 0 Å². The number of aromatic amines is 1. The Hall–Kier alpha value is -3.94. The average Bonchev–Trinajstić information content (AvgIpc) is 3.19. The quantitative estimate of drug-likeness (QED) is 0.484. The van der Waals surface area contributed by atoms with Crippen molar-refractivity contribution in [1.82, 2.24) is 20.2 Å². The molecule has 8 nitrogen and oxygen atoms in total. The number of aromatic nitrogens is 4. The van der Waals surface area contributed by atoms with Gasteiger partial charge < -0.3 is 14.6 Å². The lowest BCUT2D eigenvalue weighted by atomic mass is 10.0. The topological polar surface area (TPSA) is 110 Å². The molecule has 0 radical (unpaired) electrons. The highest BCUT2D eigenvalue weighted by Crippen LogP contribution is 2.39. The average molecular weight is 418 g/mol. The molecule has 0 aliphatic rings. The molecule has 2 aromatic heterocycles. The summed E-state index contributed by atoms with van der Waals surface area (Å²) in [5.74, 6) is 1.05. The number of rotatable bonds is 6. The molecule has 4 rings (SSSR count). The van der Waals surface area contributed by atoms with Gasteiger partial charge in [0.15, 0.2) is 23.4 Å². The summed E-state index contributed by atoms with van der Waals surface area (Å²) in [6.45, 7) is 5.33. The minimum absolute atomic E-state index is 0.340. The largest absolute Gasteiger partial charge is 0.493 e. The highest BCUT2D eigenvalue weighted by Gasteiger charge is 2.20. The zero-order valence-electron chi connectivity index (χ0n) is 17.6. The Bertz CT molecular complexity index is 1280. The maximum Gasteiger partial charge on any atom is 0.344 e. The van der Waals surface area contributed by atoms with Gasteiger partial charge >= 0.3 is 5.97 Å². The molecule has 158 valence electrons. The molecule has 0 amide bonds. The van der Waals surface area contributed by atoms with E-state index >= 15 is 0 Å². The van der Waals surface area contributed by atoms with Crippen molar-refractivity contribution in [3.63, 3.8) is 0 Å². The smallest absolute Gasteiger partial charge is 0.344 e. The molecule has 0 saturated carbocycles. The Morgan fingerprint density at radius 3 is 2.61 bits per heavy atom. The number of carboxylic acids is 1. The molecule has 0 bridgehead atoms. The van der Waals surface area contributed by atoms with Gasteiger partial charge in [-0.2, -0.15) is 5.10 Å². The minimum Gasteiger partial charge on any atom is -0.493 e. The van der Waals surface area contributed by atoms with Gasteiger partial charge in [-0.1, -0.05) is 18.2 Å². The molecule has 1 unspecified atom stereocenters. The van der Waals surface area contributed by atoms with Crippen molar-refractivity contribution < 1.29 is 19.4 Å². The molecule has 0 spiro atoms. The maximum absolute atomic E-state index is 11.4. The Balaban J connectivity index is 1.87. The van der Waals surface area contributed by atoms with Crippen molar-refractivity contribution in [2.24, 2.45) is 0 Å². The van der Waals surface area contributed by atoms with E-state index in [1.54, 1.807) is 6.07 Å². The SMILES string of the molecule is COc1cccc(-c2cc(C)c3ccc(-c4n[nH]c(C)n4)cc3n2)c1OC(C)C(=O)O. The van der Waals surface area contributed by atoms with Crippen LogP contribution >= 0.6 is 0 Å². The van der Waals surface area contributed by atoms with Gasteiger partial charge in [0.25, 0.3) is 0 Å². The molecule has 1 atom stereocenters. The van der Waals surface area contributed by atoms with Crippen molar-refractivity contribution >= 4 is 16.9 Å². The number of carboxylic acid groups (broad SMARTS) is 1. The normalized spacial score (nSPS) is 12.0. The van der Waals surface area contributed by atoms with Gasteiger partial charge in [-0.3, -0.25) is 5.10 Å². The van der Waals surface area contributed by atoms with Crippen molar-refractivity contribution in [2.45, 2.75) is 26.9 Å². The Morgan fingerprint density at radius 1 is 1.13 bits per heavy atom. The molecular weight excluding hydrogens is 396 g/mol. The summed E-state index contributed by atoms with van der Waals surface area (Å²) in [5, 5.41) is 17.4. The van der Waals surface area contributed by atoms with E-state index in [1.807, 2.05) is 50.2 Å². The summed E-state index contributed by atoms with van der Waals surface area (Å²) >= 11 is 0. The molecule has 2 aromatic carbocycles. The van der Waals surface area contributed by atoms with E-state index in [-0.39, 0.29) is 0 Å². The first-order chi connectivity index (χ1) is 14.9. The molecule has 0 saturated heterocycles. The van der Waals surface area contributed by atoms with Crippen LogP contribution in [0.5, 0.6) is 11.5 Å². The molecule has 2 N–H and O–H groups in total. The number of H-pyrrole nitrogens is 1. The lowest BCUT2D eigenvalue weighted by Gasteiger charge is -2.18. The number of nitrogens with zero attached hydrogens (tertiary/aromatic N) is 3. The summed E-state index contributed by atoms with van der Waals surface area (Å²) in [7, 11) is 1.52. The standard InChI is InChI=1S/C23H22N4O4/c1-12-10-18(17-6-5-7-20(30-4)21(17)31-13(2)23(28)29)25-19-11-15(8-9-16(12)19)22-24-14(3)26-27-22/h5-11,13H,1-4H3,(H,28,29)(H,24,26,27). The molecule has 8 heteroatoms. The van der Waals surface area contributed by atoms with Crippen LogP contribution in [0.2, 0.25) is 0 Å². The van der Waals surface area contributed by atoms with E-state index in [0.717, 1.165) is 27.9 Å². The number of benzene rings is 2. The van der Waals surface area contributed by atoms with Gasteiger partial charge in [0, 0.05) is 16.5 Å². The van der Waals surface area contributed by atoms with Crippen LogP contribution in [0.3, 0.4) is 0 Å². The zero-order chi connectivity index (χ0) is 22.1. The number of hydrogen-bond acceptors (Lipinski definition) is 6. The van der Waals surface area contributed by atoms with Crippen molar-refractivity contribution in [3.8, 4) is 34.1 Å². The third-order valence-electron chi connectivity index (χ3n) is 4.99. The molecular formula is C23H22N4O4. The van der Waals surface area contributed by atoms with Gasteiger partial charge in [0.1, 0.15) is 5.82 Å². The summed E-state index contributed by atoms with van der Waals surface area (Å²) in [6.07, 6.45) is -1.04. The lowest BCUT2D eigenvalue weighted by Crippen LogP contribution is -2.23. The number of ether oxygens (including phenoxy) is 2. The van der Waals surface area contributed by atoms with E-state index in [1.165, 1.54) is 14.0 Å². The van der Waals surface area contributed by atoms with Crippen molar-refractivity contribution in [2.75, 3.05) is 7.11 Å². The monoisotopic (exact) mass is 418 g/mol. The number of aryl methyl sites for hydroxylation is 2. The van der Waals surface area contributed by atoms with Gasteiger partial charge in [0.05, 0.1) is 18.3 Å². The van der Waals surface area contributed by atoms with Gasteiger partial charge in [0.2, 0.25) is 0 Å². The van der Waals surface area contributed by atoms with Crippen LogP contribution in [0.1, 0.15) is 18.3 Å². The van der Waals surface area contributed by atoms with Crippen LogP contribution in [-0.4, -0.2) is 44.5 Å². The summed E-state index contributed by atoms with van der Waals surface area (Å²) in [4.78, 5) is 20.6. The lowest BCUT2D eigenvalue weighted by molar-refractivity contribution is -0.144. The summed E-state index contributed by atoms with van der Waals surface area (Å²) < 4.78 is 11.2. The summed E-state index contributed by atoms with van der Waals surface area (Å²) in [5.41, 5.74) is 3.95. The highest BCUT2D eigenvalue weighted by molar-refractivity contribution is 5.89. The van der Waals surface area contributed by atoms with E-state index in [9.17, 15) is 9.90 Å². The molecule has 0 aliphatic heterocycles. The van der Waals surface area contributed by atoms with Gasteiger partial charge in [-0.05, 0) is 50.6 Å². The number of aliphatic carboxylic acids is 1. The van der Waals surface area contributed by atoms with Crippen molar-refractivity contribution in [1.29, 1.82) is 0 Å². The first-order valence-electron chi connectivity index (χ1n) is 9.75. The number of carbonyl (C=O) groups is 1. The second kappa shape index (κ2) is 8.06. The molecule has 0 fully saturated rings. The first-order valence-corrected chi connectivity index (χ1v) is 9.75. The van der Waals surface area contributed by atoms with E-state index in [2.05, 4.69) is 15.2 Å². The molecule has 31 heavy (non-hydrogen) atoms. The third kappa shape index (κ3) is 3.92. The fraction of sp³-hybridized carbons (Fsp3) is 0.217. The van der Waals surface area contributed by atoms with Gasteiger partial charge in [-0.25, -0.2) is 14.8 Å². The predicted molar refractivity (Wildman–Crippen MR) is 116 cm³/mol. The zero-order valence-corrected chi connectivity index (χ0v) is 17.6. The fourth-order valence-electron chi connectivity index (χ4n) is 3.38. The maximum atomic E-state index is 11.4. The van der Waals surface area contributed by atoms with Crippen LogP contribution in [0.25, 0.3) is 33.5 Å². The fourth-order valence-corrected chi connectivity index (χ4v) is 3.38. The number of pyridine rings is 1.